The molecule has 112 valence electrons. The zero-order chi connectivity index (χ0) is 14.4. The van der Waals surface area contributed by atoms with E-state index in [1.165, 1.54) is 19.3 Å². The van der Waals surface area contributed by atoms with E-state index in [4.69, 9.17) is 10.5 Å². The number of likely N-dealkylation sites (tertiary alicyclic amines) is 1. The summed E-state index contributed by atoms with van der Waals surface area (Å²) in [5, 5.41) is 3.33. The molecule has 0 radical (unpaired) electrons. The van der Waals surface area contributed by atoms with Crippen molar-refractivity contribution in [3.8, 4) is 5.88 Å². The third-order valence-corrected chi connectivity index (χ3v) is 3.67. The number of nitrogen functional groups attached to an aromatic ring is 1. The molecule has 3 N–H and O–H groups in total. The number of nitrogens with one attached hydrogen (secondary N) is 1. The number of hydrogen-bond acceptors (Lipinski definition) is 6. The van der Waals surface area contributed by atoms with Gasteiger partial charge in [0.2, 0.25) is 5.88 Å². The Labute approximate surface area is 120 Å². The van der Waals surface area contributed by atoms with Gasteiger partial charge in [0.1, 0.15) is 12.0 Å². The van der Waals surface area contributed by atoms with Crippen LogP contribution in [0.15, 0.2) is 6.33 Å². The maximum atomic E-state index is 6.04. The standard InChI is InChI=1S/C14H25N5O/c1-3-7-20-14-12(15)13(17-10-18-14)16-8-11-5-6-19(4-2)9-11/h10-11H,3-9,15H2,1-2H3,(H,16,17,18). The van der Waals surface area contributed by atoms with Crippen molar-refractivity contribution in [2.75, 3.05) is 43.8 Å². The Kier molecular flexibility index (Phi) is 5.40. The van der Waals surface area contributed by atoms with Crippen LogP contribution in [0.3, 0.4) is 0 Å². The predicted molar refractivity (Wildman–Crippen MR) is 80.9 cm³/mol. The molecule has 1 unspecified atom stereocenters. The fraction of sp³-hybridized carbons (Fsp3) is 0.714. The zero-order valence-electron chi connectivity index (χ0n) is 12.4. The summed E-state index contributed by atoms with van der Waals surface area (Å²) >= 11 is 0. The van der Waals surface area contributed by atoms with Crippen LogP contribution < -0.4 is 15.8 Å². The third-order valence-electron chi connectivity index (χ3n) is 3.67. The summed E-state index contributed by atoms with van der Waals surface area (Å²) < 4.78 is 5.51. The lowest BCUT2D eigenvalue weighted by Gasteiger charge is -2.15. The molecule has 1 aliphatic heterocycles. The fourth-order valence-corrected chi connectivity index (χ4v) is 2.44. The number of anilines is 2. The van der Waals surface area contributed by atoms with Gasteiger partial charge in [-0.1, -0.05) is 13.8 Å². The van der Waals surface area contributed by atoms with Gasteiger partial charge in [-0.15, -0.1) is 0 Å². The Morgan fingerprint density at radius 3 is 3.00 bits per heavy atom. The molecule has 1 aromatic heterocycles. The molecule has 6 heteroatoms. The second-order valence-corrected chi connectivity index (χ2v) is 5.22. The van der Waals surface area contributed by atoms with Gasteiger partial charge in [-0.2, -0.15) is 4.98 Å². The first-order valence-electron chi connectivity index (χ1n) is 7.44. The van der Waals surface area contributed by atoms with E-state index in [2.05, 4.69) is 34.0 Å². The van der Waals surface area contributed by atoms with E-state index in [0.717, 1.165) is 26.1 Å². The Morgan fingerprint density at radius 2 is 2.30 bits per heavy atom. The van der Waals surface area contributed by atoms with Crippen molar-refractivity contribution < 1.29 is 4.74 Å². The summed E-state index contributed by atoms with van der Waals surface area (Å²) in [6.07, 6.45) is 3.66. The molecule has 1 atom stereocenters. The lowest BCUT2D eigenvalue weighted by atomic mass is 10.1. The molecule has 1 aromatic rings. The van der Waals surface area contributed by atoms with Gasteiger partial charge in [0, 0.05) is 13.1 Å². The van der Waals surface area contributed by atoms with E-state index in [-0.39, 0.29) is 0 Å². The number of nitrogens with two attached hydrogens (primary N) is 1. The molecule has 20 heavy (non-hydrogen) atoms. The molecule has 2 rings (SSSR count). The first-order chi connectivity index (χ1) is 9.74. The molecule has 0 bridgehead atoms. The first kappa shape index (κ1) is 14.8. The minimum absolute atomic E-state index is 0.478. The Morgan fingerprint density at radius 1 is 1.45 bits per heavy atom. The fourth-order valence-electron chi connectivity index (χ4n) is 2.44. The van der Waals surface area contributed by atoms with Gasteiger partial charge < -0.3 is 20.7 Å². The summed E-state index contributed by atoms with van der Waals surface area (Å²) in [4.78, 5) is 10.7. The largest absolute Gasteiger partial charge is 0.476 e. The van der Waals surface area contributed by atoms with E-state index in [1.807, 2.05) is 0 Å². The van der Waals surface area contributed by atoms with Crippen LogP contribution in [0, 0.1) is 5.92 Å². The van der Waals surface area contributed by atoms with Crippen molar-refractivity contribution in [2.45, 2.75) is 26.7 Å². The van der Waals surface area contributed by atoms with Gasteiger partial charge in [-0.3, -0.25) is 0 Å². The zero-order valence-corrected chi connectivity index (χ0v) is 12.4. The molecule has 6 nitrogen and oxygen atoms in total. The molecule has 0 aliphatic carbocycles. The molecule has 1 saturated heterocycles. The van der Waals surface area contributed by atoms with Crippen LogP contribution in [0.4, 0.5) is 11.5 Å². The minimum Gasteiger partial charge on any atom is -0.476 e. The third kappa shape index (κ3) is 3.72. The maximum absolute atomic E-state index is 6.04. The van der Waals surface area contributed by atoms with E-state index in [0.29, 0.717) is 29.9 Å². The number of aromatic nitrogens is 2. The molecule has 0 aromatic carbocycles. The molecule has 0 saturated carbocycles. The molecule has 1 fully saturated rings. The van der Waals surface area contributed by atoms with Gasteiger partial charge in [0.15, 0.2) is 5.82 Å². The average Bonchev–Trinajstić information content (AvgIpc) is 2.93. The van der Waals surface area contributed by atoms with E-state index < -0.39 is 0 Å². The van der Waals surface area contributed by atoms with Crippen molar-refractivity contribution in [1.29, 1.82) is 0 Å². The minimum atomic E-state index is 0.478. The molecular weight excluding hydrogens is 254 g/mol. The second-order valence-electron chi connectivity index (χ2n) is 5.22. The monoisotopic (exact) mass is 279 g/mol. The van der Waals surface area contributed by atoms with Gasteiger partial charge in [0.05, 0.1) is 6.61 Å². The Balaban J connectivity index is 1.89. The van der Waals surface area contributed by atoms with Gasteiger partial charge in [-0.05, 0) is 31.8 Å². The van der Waals surface area contributed by atoms with Crippen molar-refractivity contribution in [3.05, 3.63) is 6.33 Å². The van der Waals surface area contributed by atoms with E-state index in [1.54, 1.807) is 0 Å². The van der Waals surface area contributed by atoms with Gasteiger partial charge >= 0.3 is 0 Å². The first-order valence-corrected chi connectivity index (χ1v) is 7.44. The van der Waals surface area contributed by atoms with Crippen LogP contribution in [0.25, 0.3) is 0 Å². The van der Waals surface area contributed by atoms with Gasteiger partial charge in [-0.25, -0.2) is 4.98 Å². The van der Waals surface area contributed by atoms with Crippen LogP contribution in [-0.2, 0) is 0 Å². The van der Waals surface area contributed by atoms with E-state index >= 15 is 0 Å². The highest BCUT2D eigenvalue weighted by Gasteiger charge is 2.21. The summed E-state index contributed by atoms with van der Waals surface area (Å²) in [5.41, 5.74) is 6.55. The smallest absolute Gasteiger partial charge is 0.242 e. The van der Waals surface area contributed by atoms with Crippen LogP contribution in [0.1, 0.15) is 26.7 Å². The maximum Gasteiger partial charge on any atom is 0.242 e. The number of rotatable bonds is 7. The molecule has 0 amide bonds. The van der Waals surface area contributed by atoms with Crippen molar-refractivity contribution >= 4 is 11.5 Å². The van der Waals surface area contributed by atoms with Crippen molar-refractivity contribution in [3.63, 3.8) is 0 Å². The molecule has 1 aliphatic rings. The molecular formula is C14H25N5O. The Bertz CT molecular complexity index is 426. The number of nitrogens with zero attached hydrogens (tertiary/aromatic N) is 3. The van der Waals surface area contributed by atoms with Crippen molar-refractivity contribution in [1.82, 2.24) is 14.9 Å². The number of hydrogen-bond donors (Lipinski definition) is 2. The summed E-state index contributed by atoms with van der Waals surface area (Å²) in [6, 6.07) is 0. The molecule has 2 heterocycles. The topological polar surface area (TPSA) is 76.3 Å². The average molecular weight is 279 g/mol. The van der Waals surface area contributed by atoms with Crippen LogP contribution in [0.2, 0.25) is 0 Å². The van der Waals surface area contributed by atoms with Crippen LogP contribution in [0.5, 0.6) is 5.88 Å². The second kappa shape index (κ2) is 7.28. The SMILES string of the molecule is CCCOc1ncnc(NCC2CCN(CC)C2)c1N. The number of ether oxygens (including phenoxy) is 1. The molecule has 0 spiro atoms. The highest BCUT2D eigenvalue weighted by atomic mass is 16.5. The predicted octanol–water partition coefficient (Wildman–Crippen LogP) is 1.60. The van der Waals surface area contributed by atoms with Gasteiger partial charge in [0.25, 0.3) is 0 Å². The lowest BCUT2D eigenvalue weighted by Crippen LogP contribution is -2.23. The van der Waals surface area contributed by atoms with E-state index in [9.17, 15) is 0 Å². The van der Waals surface area contributed by atoms with Crippen LogP contribution in [-0.4, -0.2) is 47.7 Å². The summed E-state index contributed by atoms with van der Waals surface area (Å²) in [5.74, 6) is 1.82. The summed E-state index contributed by atoms with van der Waals surface area (Å²) in [6.45, 7) is 9.23. The highest BCUT2D eigenvalue weighted by Crippen LogP contribution is 2.25. The van der Waals surface area contributed by atoms with Crippen molar-refractivity contribution in [2.24, 2.45) is 5.92 Å². The normalized spacial score (nSPS) is 19.2. The Hall–Kier alpha value is -1.56. The summed E-state index contributed by atoms with van der Waals surface area (Å²) in [7, 11) is 0. The quantitative estimate of drug-likeness (QED) is 0.789. The highest BCUT2D eigenvalue weighted by molar-refractivity contribution is 5.66. The van der Waals surface area contributed by atoms with Crippen LogP contribution >= 0.6 is 0 Å². The lowest BCUT2D eigenvalue weighted by molar-refractivity contribution is 0.306.